The number of amides is 2. The van der Waals surface area contributed by atoms with Gasteiger partial charge in [0.1, 0.15) is 0 Å². The molecule has 0 saturated carbocycles. The average Bonchev–Trinajstić information content (AvgIpc) is 2.48. The number of hydrogen-bond donors (Lipinski definition) is 2. The van der Waals surface area contributed by atoms with Gasteiger partial charge in [0, 0.05) is 13.3 Å². The summed E-state index contributed by atoms with van der Waals surface area (Å²) in [7, 11) is 0. The van der Waals surface area contributed by atoms with Crippen molar-refractivity contribution < 1.29 is 19.1 Å². The molecule has 0 unspecified atom stereocenters. The topological polar surface area (TPSA) is 84.5 Å². The van der Waals surface area contributed by atoms with Crippen molar-refractivity contribution in [3.8, 4) is 0 Å². The van der Waals surface area contributed by atoms with Crippen LogP contribution in [0.4, 0.5) is 11.4 Å². The lowest BCUT2D eigenvalue weighted by molar-refractivity contribution is -0.116. The third-order valence-electron chi connectivity index (χ3n) is 2.68. The first-order valence-electron chi connectivity index (χ1n) is 6.69. The molecule has 23 heavy (non-hydrogen) atoms. The van der Waals surface area contributed by atoms with Gasteiger partial charge in [0.15, 0.2) is 0 Å². The van der Waals surface area contributed by atoms with Crippen LogP contribution in [-0.4, -0.2) is 24.4 Å². The van der Waals surface area contributed by atoms with Crippen molar-refractivity contribution in [1.29, 1.82) is 0 Å². The van der Waals surface area contributed by atoms with Crippen LogP contribution in [0.15, 0.2) is 0 Å². The van der Waals surface area contributed by atoms with Crippen LogP contribution in [0.5, 0.6) is 0 Å². The molecule has 6 nitrogen and oxygen atoms in total. The number of rotatable bonds is 5. The predicted octanol–water partition coefficient (Wildman–Crippen LogP) is 3.98. The second-order valence-corrected chi connectivity index (χ2v) is 7.61. The molecule has 1 aromatic carbocycles. The van der Waals surface area contributed by atoms with E-state index in [1.807, 2.05) is 67.8 Å². The maximum absolute atomic E-state index is 12.3. The van der Waals surface area contributed by atoms with Gasteiger partial charge in [-0.2, -0.15) is 0 Å². The first-order valence-corrected chi connectivity index (χ1v) is 9.93. The van der Waals surface area contributed by atoms with Gasteiger partial charge in [-0.05, 0) is 74.7 Å². The lowest BCUT2D eigenvalue weighted by Gasteiger charge is -2.19. The molecule has 0 aliphatic heterocycles. The molecule has 2 amide bonds. The van der Waals surface area contributed by atoms with E-state index in [9.17, 15) is 14.4 Å². The number of ether oxygens (including phenoxy) is 1. The SMILES string of the molecule is CCOC(=O)c1c(I)c(NC(C)=O)c(I)c(NC(=O)CC)c1I. The first-order chi connectivity index (χ1) is 10.7. The minimum Gasteiger partial charge on any atom is -0.462 e. The van der Waals surface area contributed by atoms with Gasteiger partial charge >= 0.3 is 5.97 Å². The number of carbonyl (C=O) groups is 3. The summed E-state index contributed by atoms with van der Waals surface area (Å²) in [5, 5.41) is 5.51. The number of esters is 1. The maximum atomic E-state index is 12.3. The van der Waals surface area contributed by atoms with Crippen molar-refractivity contribution in [3.05, 3.63) is 16.3 Å². The molecule has 0 heterocycles. The number of benzene rings is 1. The molecule has 0 aromatic heterocycles. The van der Waals surface area contributed by atoms with Crippen molar-refractivity contribution in [1.82, 2.24) is 0 Å². The van der Waals surface area contributed by atoms with Gasteiger partial charge in [-0.15, -0.1) is 0 Å². The van der Waals surface area contributed by atoms with Crippen LogP contribution in [0.1, 0.15) is 37.6 Å². The molecule has 1 rings (SSSR count). The third-order valence-corrected chi connectivity index (χ3v) is 5.92. The monoisotopic (exact) mass is 656 g/mol. The minimum absolute atomic E-state index is 0.175. The standard InChI is InChI=1S/C14H15I3N2O4/c1-4-7(21)19-13-10(16)8(14(22)23-5-2)9(15)12(11(13)17)18-6(3)20/h4-5H2,1-3H3,(H,18,20)(H,19,21). The summed E-state index contributed by atoms with van der Waals surface area (Å²) in [5.41, 5.74) is 1.34. The van der Waals surface area contributed by atoms with Gasteiger partial charge in [-0.25, -0.2) is 4.79 Å². The molecule has 0 bridgehead atoms. The second kappa shape index (κ2) is 9.34. The highest BCUT2D eigenvalue weighted by Crippen LogP contribution is 2.39. The van der Waals surface area contributed by atoms with Crippen LogP contribution < -0.4 is 10.6 Å². The summed E-state index contributed by atoms with van der Waals surface area (Å²) >= 11 is 6.06. The van der Waals surface area contributed by atoms with E-state index < -0.39 is 5.97 Å². The Morgan fingerprint density at radius 3 is 1.91 bits per heavy atom. The smallest absolute Gasteiger partial charge is 0.340 e. The minimum atomic E-state index is -0.490. The summed E-state index contributed by atoms with van der Waals surface area (Å²) < 4.78 is 6.94. The Balaban J connectivity index is 3.62. The van der Waals surface area contributed by atoms with Crippen molar-refractivity contribution >= 4 is 96.9 Å². The highest BCUT2D eigenvalue weighted by molar-refractivity contribution is 14.1. The van der Waals surface area contributed by atoms with Crippen LogP contribution in [0.25, 0.3) is 0 Å². The highest BCUT2D eigenvalue weighted by Gasteiger charge is 2.26. The number of hydrogen-bond acceptors (Lipinski definition) is 4. The Morgan fingerprint density at radius 1 is 0.957 bits per heavy atom. The zero-order valence-corrected chi connectivity index (χ0v) is 19.2. The molecule has 0 saturated heterocycles. The molecular formula is C14H15I3N2O4. The Kier molecular flexibility index (Phi) is 8.47. The number of carbonyl (C=O) groups excluding carboxylic acids is 3. The van der Waals surface area contributed by atoms with Gasteiger partial charge in [0.25, 0.3) is 0 Å². The summed E-state index contributed by atoms with van der Waals surface area (Å²) in [6.45, 7) is 5.09. The fourth-order valence-corrected chi connectivity index (χ4v) is 5.82. The first kappa shape index (κ1) is 20.9. The van der Waals surface area contributed by atoms with E-state index in [1.54, 1.807) is 13.8 Å². The molecular weight excluding hydrogens is 641 g/mol. The van der Waals surface area contributed by atoms with E-state index in [-0.39, 0.29) is 18.4 Å². The molecule has 0 aliphatic carbocycles. The fraction of sp³-hybridized carbons (Fsp3) is 0.357. The maximum Gasteiger partial charge on any atom is 0.340 e. The van der Waals surface area contributed by atoms with Gasteiger partial charge in [-0.1, -0.05) is 6.92 Å². The van der Waals surface area contributed by atoms with Crippen LogP contribution in [0.2, 0.25) is 0 Å². The third kappa shape index (κ3) is 5.14. The molecule has 0 atom stereocenters. The molecule has 0 aliphatic rings. The summed E-state index contributed by atoms with van der Waals surface area (Å²) in [6.07, 6.45) is 0.308. The quantitative estimate of drug-likeness (QED) is 0.372. The molecule has 1 aromatic rings. The van der Waals surface area contributed by atoms with Crippen molar-refractivity contribution in [2.75, 3.05) is 17.2 Å². The number of halogens is 3. The second-order valence-electron chi connectivity index (χ2n) is 4.37. The molecule has 0 fully saturated rings. The molecule has 0 spiro atoms. The van der Waals surface area contributed by atoms with Crippen LogP contribution >= 0.6 is 67.8 Å². The van der Waals surface area contributed by atoms with E-state index in [1.165, 1.54) is 6.92 Å². The van der Waals surface area contributed by atoms with Gasteiger partial charge < -0.3 is 15.4 Å². The Hall–Kier alpha value is -0.180. The highest BCUT2D eigenvalue weighted by atomic mass is 127. The van der Waals surface area contributed by atoms with Crippen molar-refractivity contribution in [2.45, 2.75) is 27.2 Å². The fourth-order valence-electron chi connectivity index (χ4n) is 1.67. The summed E-state index contributed by atoms with van der Waals surface area (Å²) in [4.78, 5) is 35.5. The normalized spacial score (nSPS) is 10.2. The zero-order chi connectivity index (χ0) is 17.7. The van der Waals surface area contributed by atoms with E-state index in [2.05, 4.69) is 10.6 Å². The van der Waals surface area contributed by atoms with E-state index >= 15 is 0 Å². The van der Waals surface area contributed by atoms with Crippen LogP contribution in [0, 0.1) is 10.7 Å². The van der Waals surface area contributed by atoms with E-state index in [4.69, 9.17) is 4.74 Å². The van der Waals surface area contributed by atoms with E-state index in [0.717, 1.165) is 0 Å². The lowest BCUT2D eigenvalue weighted by Crippen LogP contribution is -2.19. The Bertz CT molecular complexity index is 662. The Morgan fingerprint density at radius 2 is 1.48 bits per heavy atom. The average molecular weight is 656 g/mol. The van der Waals surface area contributed by atoms with Crippen molar-refractivity contribution in [3.63, 3.8) is 0 Å². The lowest BCUT2D eigenvalue weighted by atomic mass is 10.1. The molecule has 0 radical (unpaired) electrons. The van der Waals surface area contributed by atoms with Gasteiger partial charge in [0.2, 0.25) is 11.8 Å². The van der Waals surface area contributed by atoms with Crippen molar-refractivity contribution in [2.24, 2.45) is 0 Å². The number of anilines is 2. The summed E-state index contributed by atoms with van der Waals surface area (Å²) in [5.74, 6) is -0.924. The zero-order valence-electron chi connectivity index (χ0n) is 12.7. The molecule has 2 N–H and O–H groups in total. The number of nitrogens with one attached hydrogen (secondary N) is 2. The summed E-state index contributed by atoms with van der Waals surface area (Å²) in [6, 6.07) is 0. The largest absolute Gasteiger partial charge is 0.462 e. The van der Waals surface area contributed by atoms with E-state index in [0.29, 0.717) is 34.1 Å². The van der Waals surface area contributed by atoms with Crippen LogP contribution in [0.3, 0.4) is 0 Å². The molecule has 126 valence electrons. The predicted molar refractivity (Wildman–Crippen MR) is 114 cm³/mol. The van der Waals surface area contributed by atoms with Gasteiger partial charge in [-0.3, -0.25) is 9.59 Å². The molecule has 9 heteroatoms. The Labute approximate surface area is 175 Å². The van der Waals surface area contributed by atoms with Crippen LogP contribution in [-0.2, 0) is 14.3 Å². The van der Waals surface area contributed by atoms with Gasteiger partial charge in [0.05, 0.1) is 34.3 Å².